The van der Waals surface area contributed by atoms with E-state index in [1.807, 2.05) is 6.07 Å². The highest BCUT2D eigenvalue weighted by Gasteiger charge is 2.14. The third-order valence-electron chi connectivity index (χ3n) is 1.29. The summed E-state index contributed by atoms with van der Waals surface area (Å²) in [6.45, 7) is 0. The van der Waals surface area contributed by atoms with E-state index < -0.39 is 0 Å². The zero-order chi connectivity index (χ0) is 9.14. The van der Waals surface area contributed by atoms with Crippen molar-refractivity contribution in [1.82, 2.24) is 0 Å². The fourth-order valence-corrected chi connectivity index (χ4v) is 3.25. The predicted molar refractivity (Wildman–Crippen MR) is 61.0 cm³/mol. The summed E-state index contributed by atoms with van der Waals surface area (Å²) in [7, 11) is 1.40. The van der Waals surface area contributed by atoms with Crippen LogP contribution in [0, 0.1) is 2.88 Å². The molecule has 0 bridgehead atoms. The fourth-order valence-electron chi connectivity index (χ4n) is 0.760. The van der Waals surface area contributed by atoms with Gasteiger partial charge in [0.15, 0.2) is 0 Å². The molecule has 12 heavy (non-hydrogen) atoms. The first-order valence-electron chi connectivity index (χ1n) is 3.11. The van der Waals surface area contributed by atoms with E-state index in [1.165, 1.54) is 18.4 Å². The molecule has 0 aromatic carbocycles. The lowest BCUT2D eigenvalue weighted by Gasteiger charge is -1.96. The molecular weight excluding hydrogens is 355 g/mol. The molecule has 0 spiro atoms. The summed E-state index contributed by atoms with van der Waals surface area (Å²) >= 11 is 6.96. The van der Waals surface area contributed by atoms with E-state index in [4.69, 9.17) is 0 Å². The summed E-state index contributed by atoms with van der Waals surface area (Å²) in [5.74, 6) is -0.252. The van der Waals surface area contributed by atoms with Crippen molar-refractivity contribution in [3.8, 4) is 0 Å². The van der Waals surface area contributed by atoms with Crippen molar-refractivity contribution in [1.29, 1.82) is 0 Å². The molecule has 0 N–H and O–H groups in total. The van der Waals surface area contributed by atoms with E-state index in [2.05, 4.69) is 43.3 Å². The summed E-state index contributed by atoms with van der Waals surface area (Å²) in [6.07, 6.45) is 0. The molecule has 0 amide bonds. The van der Waals surface area contributed by atoms with Crippen molar-refractivity contribution in [2.75, 3.05) is 7.11 Å². The van der Waals surface area contributed by atoms with Gasteiger partial charge in [-0.2, -0.15) is 0 Å². The lowest BCUT2D eigenvalue weighted by atomic mass is 10.3. The number of hydrogen-bond acceptors (Lipinski definition) is 3. The van der Waals surface area contributed by atoms with Crippen molar-refractivity contribution in [3.63, 3.8) is 0 Å². The number of rotatable bonds is 2. The second kappa shape index (κ2) is 4.57. The SMILES string of the molecule is COC(=O)c1sc(I)cc1CBr. The third-order valence-corrected chi connectivity index (χ3v) is 3.82. The van der Waals surface area contributed by atoms with Gasteiger partial charge in [0.05, 0.1) is 9.99 Å². The second-order valence-electron chi connectivity index (χ2n) is 2.03. The van der Waals surface area contributed by atoms with Gasteiger partial charge in [0.25, 0.3) is 0 Å². The first-order valence-corrected chi connectivity index (χ1v) is 6.13. The molecule has 0 aliphatic rings. The maximum absolute atomic E-state index is 11.2. The van der Waals surface area contributed by atoms with Gasteiger partial charge in [-0.1, -0.05) is 15.9 Å². The third kappa shape index (κ3) is 2.20. The minimum atomic E-state index is -0.252. The summed E-state index contributed by atoms with van der Waals surface area (Å²) in [5.41, 5.74) is 0.997. The van der Waals surface area contributed by atoms with E-state index in [-0.39, 0.29) is 5.97 Å². The zero-order valence-electron chi connectivity index (χ0n) is 6.27. The van der Waals surface area contributed by atoms with E-state index in [9.17, 15) is 4.79 Å². The molecular formula is C7H6BrIO2S. The van der Waals surface area contributed by atoms with Crippen molar-refractivity contribution in [2.45, 2.75) is 5.33 Å². The highest BCUT2D eigenvalue weighted by atomic mass is 127. The number of hydrogen-bond donors (Lipinski definition) is 0. The van der Waals surface area contributed by atoms with Gasteiger partial charge in [0.2, 0.25) is 0 Å². The molecule has 0 aliphatic heterocycles. The molecule has 0 radical (unpaired) electrons. The lowest BCUT2D eigenvalue weighted by molar-refractivity contribution is 0.0605. The van der Waals surface area contributed by atoms with Gasteiger partial charge in [-0.3, -0.25) is 0 Å². The predicted octanol–water partition coefficient (Wildman–Crippen LogP) is 3.03. The van der Waals surface area contributed by atoms with Crippen molar-refractivity contribution in [2.24, 2.45) is 0 Å². The molecule has 0 aliphatic carbocycles. The number of carbonyl (C=O) groups excluding carboxylic acids is 1. The Hall–Kier alpha value is 0.380. The topological polar surface area (TPSA) is 26.3 Å². The van der Waals surface area contributed by atoms with Crippen LogP contribution in [-0.4, -0.2) is 13.1 Å². The Morgan fingerprint density at radius 1 is 1.83 bits per heavy atom. The normalized spacial score (nSPS) is 9.92. The van der Waals surface area contributed by atoms with Crippen LogP contribution >= 0.6 is 49.9 Å². The van der Waals surface area contributed by atoms with Crippen molar-refractivity contribution < 1.29 is 9.53 Å². The average molecular weight is 361 g/mol. The molecule has 2 nitrogen and oxygen atoms in total. The summed E-state index contributed by atoms with van der Waals surface area (Å²) < 4.78 is 5.74. The van der Waals surface area contributed by atoms with E-state index in [1.54, 1.807) is 0 Å². The van der Waals surface area contributed by atoms with Gasteiger partial charge >= 0.3 is 5.97 Å². The largest absolute Gasteiger partial charge is 0.465 e. The minimum absolute atomic E-state index is 0.252. The van der Waals surface area contributed by atoms with E-state index >= 15 is 0 Å². The minimum Gasteiger partial charge on any atom is -0.465 e. The summed E-state index contributed by atoms with van der Waals surface area (Å²) in [4.78, 5) is 11.9. The molecule has 5 heteroatoms. The first-order chi connectivity index (χ1) is 5.69. The van der Waals surface area contributed by atoms with Crippen LogP contribution in [0.1, 0.15) is 15.2 Å². The standard InChI is InChI=1S/C7H6BrIO2S/c1-11-7(10)6-4(3-8)2-5(9)12-6/h2H,3H2,1H3. The number of carbonyl (C=O) groups is 1. The molecule has 0 fully saturated rings. The smallest absolute Gasteiger partial charge is 0.348 e. The molecule has 1 heterocycles. The van der Waals surface area contributed by atoms with Crippen LogP contribution in [0.3, 0.4) is 0 Å². The number of methoxy groups -OCH3 is 1. The number of alkyl halides is 1. The van der Waals surface area contributed by atoms with Crippen LogP contribution in [0.25, 0.3) is 0 Å². The molecule has 0 saturated heterocycles. The van der Waals surface area contributed by atoms with Crippen LogP contribution < -0.4 is 0 Å². The Bertz CT molecular complexity index is 298. The number of halogens is 2. The summed E-state index contributed by atoms with van der Waals surface area (Å²) in [5, 5.41) is 0.691. The molecule has 66 valence electrons. The fraction of sp³-hybridized carbons (Fsp3) is 0.286. The van der Waals surface area contributed by atoms with Crippen LogP contribution in [0.5, 0.6) is 0 Å². The Kier molecular flexibility index (Phi) is 3.98. The zero-order valence-corrected chi connectivity index (χ0v) is 10.8. The van der Waals surface area contributed by atoms with Crippen LogP contribution in [0.4, 0.5) is 0 Å². The molecule has 0 unspecified atom stereocenters. The average Bonchev–Trinajstić information content (AvgIpc) is 2.45. The molecule has 1 rings (SSSR count). The lowest BCUT2D eigenvalue weighted by Crippen LogP contribution is -2.00. The quantitative estimate of drug-likeness (QED) is 0.460. The van der Waals surface area contributed by atoms with Gasteiger partial charge in [0, 0.05) is 5.33 Å². The van der Waals surface area contributed by atoms with Crippen molar-refractivity contribution >= 4 is 55.8 Å². The van der Waals surface area contributed by atoms with Gasteiger partial charge in [-0.15, -0.1) is 11.3 Å². The van der Waals surface area contributed by atoms with E-state index in [0.717, 1.165) is 8.45 Å². The van der Waals surface area contributed by atoms with Gasteiger partial charge < -0.3 is 4.74 Å². The summed E-state index contributed by atoms with van der Waals surface area (Å²) in [6, 6.07) is 1.98. The van der Waals surface area contributed by atoms with Crippen LogP contribution in [0.15, 0.2) is 6.07 Å². The molecule has 0 atom stereocenters. The van der Waals surface area contributed by atoms with Gasteiger partial charge in [-0.25, -0.2) is 4.79 Å². The Morgan fingerprint density at radius 3 is 3.00 bits per heavy atom. The van der Waals surface area contributed by atoms with E-state index in [0.29, 0.717) is 10.2 Å². The molecule has 1 aromatic heterocycles. The van der Waals surface area contributed by atoms with Gasteiger partial charge in [0.1, 0.15) is 4.88 Å². The maximum atomic E-state index is 11.2. The second-order valence-corrected chi connectivity index (χ2v) is 5.54. The highest BCUT2D eigenvalue weighted by molar-refractivity contribution is 14.1. The van der Waals surface area contributed by atoms with Crippen molar-refractivity contribution in [3.05, 3.63) is 19.4 Å². The Labute approximate surface area is 96.6 Å². The number of thiophene rings is 1. The number of esters is 1. The highest BCUT2D eigenvalue weighted by Crippen LogP contribution is 2.26. The Balaban J connectivity index is 3.04. The van der Waals surface area contributed by atoms with Gasteiger partial charge in [-0.05, 0) is 34.2 Å². The first kappa shape index (κ1) is 10.5. The maximum Gasteiger partial charge on any atom is 0.348 e. The Morgan fingerprint density at radius 2 is 2.50 bits per heavy atom. The molecule has 0 saturated carbocycles. The monoisotopic (exact) mass is 360 g/mol. The van der Waals surface area contributed by atoms with Crippen LogP contribution in [-0.2, 0) is 10.1 Å². The number of ether oxygens (including phenoxy) is 1. The molecule has 1 aromatic rings. The van der Waals surface area contributed by atoms with Crippen LogP contribution in [0.2, 0.25) is 0 Å².